The molecule has 14 heteroatoms. The fourth-order valence-corrected chi connectivity index (χ4v) is 11.7. The number of amides is 5. The minimum atomic E-state index is -0.973. The molecule has 316 valence electrons. The topological polar surface area (TPSA) is 141 Å². The Hall–Kier alpha value is -5.45. The molecule has 3 aromatic rings. The fraction of sp³-hybridized carbons (Fsp3) is 0.489. The van der Waals surface area contributed by atoms with Crippen molar-refractivity contribution in [1.82, 2.24) is 20.0 Å². The number of nitrogens with one attached hydrogen (secondary N) is 1. The zero-order chi connectivity index (χ0) is 42.0. The highest BCUT2D eigenvalue weighted by molar-refractivity contribution is 6.32. The molecule has 0 radical (unpaired) electrons. The predicted molar refractivity (Wildman–Crippen MR) is 231 cm³/mol. The van der Waals surface area contributed by atoms with Gasteiger partial charge in [0.2, 0.25) is 11.8 Å². The number of halogens is 1. The van der Waals surface area contributed by atoms with E-state index in [1.54, 1.807) is 12.1 Å². The van der Waals surface area contributed by atoms with Crippen molar-refractivity contribution in [1.29, 1.82) is 5.26 Å². The molecule has 3 aromatic carbocycles. The third-order valence-corrected chi connectivity index (χ3v) is 15.2. The number of rotatable bonds is 6. The summed E-state index contributed by atoms with van der Waals surface area (Å²) in [6.07, 6.45) is 6.77. The van der Waals surface area contributed by atoms with Gasteiger partial charge in [0, 0.05) is 101 Å². The lowest BCUT2D eigenvalue weighted by atomic mass is 9.77. The molecule has 6 fully saturated rings. The van der Waals surface area contributed by atoms with E-state index in [0.29, 0.717) is 39.6 Å². The van der Waals surface area contributed by atoms with Gasteiger partial charge in [-0.15, -0.1) is 0 Å². The molecule has 7 heterocycles. The van der Waals surface area contributed by atoms with Gasteiger partial charge >= 0.3 is 0 Å². The number of nitrogens with zero attached hydrogens (tertiary/aromatic N) is 7. The van der Waals surface area contributed by atoms with Crippen molar-refractivity contribution in [3.8, 4) is 6.07 Å². The number of anilines is 3. The number of likely N-dealkylation sites (tertiary alicyclic amines) is 2. The summed E-state index contributed by atoms with van der Waals surface area (Å²) < 4.78 is 0. The molecule has 0 aliphatic carbocycles. The zero-order valence-electron chi connectivity index (χ0n) is 34.4. The van der Waals surface area contributed by atoms with E-state index in [1.807, 2.05) is 36.4 Å². The third kappa shape index (κ3) is 7.41. The van der Waals surface area contributed by atoms with Gasteiger partial charge in [0.25, 0.3) is 17.7 Å². The van der Waals surface area contributed by atoms with Gasteiger partial charge in [-0.2, -0.15) is 5.26 Å². The average molecular weight is 843 g/mol. The number of nitriles is 1. The van der Waals surface area contributed by atoms with E-state index >= 15 is 0 Å². The van der Waals surface area contributed by atoms with Gasteiger partial charge in [-0.25, -0.2) is 0 Å². The highest BCUT2D eigenvalue weighted by Crippen LogP contribution is 2.43. The second kappa shape index (κ2) is 15.8. The van der Waals surface area contributed by atoms with E-state index in [2.05, 4.69) is 48.0 Å². The van der Waals surface area contributed by atoms with Crippen LogP contribution in [0, 0.1) is 28.6 Å². The Bertz CT molecular complexity index is 2320. The normalized spacial score (nSPS) is 25.6. The molecule has 1 N–H and O–H groups in total. The Labute approximate surface area is 361 Å². The molecule has 3 unspecified atom stereocenters. The molecule has 10 rings (SSSR count). The summed E-state index contributed by atoms with van der Waals surface area (Å²) in [6.45, 7) is 9.20. The molecular formula is C47H51ClN8O5. The minimum absolute atomic E-state index is 0.0937. The van der Waals surface area contributed by atoms with Gasteiger partial charge in [-0.05, 0) is 123 Å². The SMILES string of the molecule is N#Cc1ccc(N2CCC3(CCN(c4ccc(C(=O)N5CC6CC(C5)CN(C5CCN(c7ccc8c(c7)C(=O)N(C7CCC(=O)NC7=O)C8=O)CC5)C6)cc4)CC3)C2)cc1Cl. The second-order valence-electron chi connectivity index (χ2n) is 18.5. The Balaban J connectivity index is 0.696. The Morgan fingerprint density at radius 2 is 1.34 bits per heavy atom. The minimum Gasteiger partial charge on any atom is -0.371 e. The van der Waals surface area contributed by atoms with Gasteiger partial charge in [0.1, 0.15) is 12.1 Å². The van der Waals surface area contributed by atoms with Crippen LogP contribution in [0.1, 0.15) is 88.0 Å². The molecule has 3 atom stereocenters. The van der Waals surface area contributed by atoms with Crippen molar-refractivity contribution in [3.63, 3.8) is 0 Å². The quantitative estimate of drug-likeness (QED) is 0.331. The molecule has 61 heavy (non-hydrogen) atoms. The van der Waals surface area contributed by atoms with Gasteiger partial charge in [0.05, 0.1) is 21.7 Å². The lowest BCUT2D eigenvalue weighted by molar-refractivity contribution is -0.136. The maximum absolute atomic E-state index is 13.9. The predicted octanol–water partition coefficient (Wildman–Crippen LogP) is 5.17. The molecule has 0 aromatic heterocycles. The molecule has 0 saturated carbocycles. The molecule has 7 aliphatic heterocycles. The molecule has 7 aliphatic rings. The smallest absolute Gasteiger partial charge is 0.262 e. The van der Waals surface area contributed by atoms with Crippen LogP contribution in [0.4, 0.5) is 17.1 Å². The van der Waals surface area contributed by atoms with Gasteiger partial charge < -0.3 is 19.6 Å². The van der Waals surface area contributed by atoms with Crippen molar-refractivity contribution in [2.24, 2.45) is 17.3 Å². The molecular weight excluding hydrogens is 792 g/mol. The van der Waals surface area contributed by atoms with Crippen LogP contribution in [-0.4, -0.2) is 122 Å². The van der Waals surface area contributed by atoms with Crippen LogP contribution in [0.3, 0.4) is 0 Å². The van der Waals surface area contributed by atoms with E-state index in [0.717, 1.165) is 126 Å². The maximum Gasteiger partial charge on any atom is 0.262 e. The van der Waals surface area contributed by atoms with Crippen molar-refractivity contribution in [2.45, 2.75) is 63.5 Å². The van der Waals surface area contributed by atoms with Crippen molar-refractivity contribution in [3.05, 3.63) is 87.9 Å². The maximum atomic E-state index is 13.9. The van der Waals surface area contributed by atoms with Crippen LogP contribution < -0.4 is 20.0 Å². The summed E-state index contributed by atoms with van der Waals surface area (Å²) in [6, 6.07) is 21.0. The van der Waals surface area contributed by atoms with E-state index in [1.165, 1.54) is 5.69 Å². The summed E-state index contributed by atoms with van der Waals surface area (Å²) in [5, 5.41) is 12.0. The van der Waals surface area contributed by atoms with Crippen molar-refractivity contribution >= 4 is 58.2 Å². The van der Waals surface area contributed by atoms with Gasteiger partial charge in [0.15, 0.2) is 0 Å². The number of imide groups is 2. The number of hydrogen-bond acceptors (Lipinski definition) is 10. The highest BCUT2D eigenvalue weighted by Gasteiger charge is 2.46. The first-order valence-corrected chi connectivity index (χ1v) is 22.4. The largest absolute Gasteiger partial charge is 0.371 e. The summed E-state index contributed by atoms with van der Waals surface area (Å²) in [4.78, 5) is 77.6. The van der Waals surface area contributed by atoms with E-state index in [-0.39, 0.29) is 30.1 Å². The average Bonchev–Trinajstić information content (AvgIpc) is 3.80. The number of carbonyl (C=O) groups is 5. The Kier molecular flexibility index (Phi) is 10.3. The second-order valence-corrected chi connectivity index (χ2v) is 18.9. The lowest BCUT2D eigenvalue weighted by Crippen LogP contribution is -2.57. The van der Waals surface area contributed by atoms with E-state index in [4.69, 9.17) is 11.6 Å². The standard InChI is InChI=1S/C47H51ClN8O5/c48-40-23-37(6-3-33(40)24-49)53-20-15-47(29-53)13-18-52(19-14-47)34-4-1-32(2-5-34)44(59)55-27-30-21-31(28-55)26-54(25-30)35-11-16-51(17-12-35)36-7-8-38-39(22-36)46(61)56(45(38)60)41-9-10-42(57)50-43(41)58/h1-8,22-23,30-31,35,41H,9-21,25-29H2,(H,50,57,58). The monoisotopic (exact) mass is 842 g/mol. The first-order valence-electron chi connectivity index (χ1n) is 22.0. The van der Waals surface area contributed by atoms with Crippen molar-refractivity contribution < 1.29 is 24.0 Å². The Morgan fingerprint density at radius 1 is 0.721 bits per heavy atom. The summed E-state index contributed by atoms with van der Waals surface area (Å²) in [5.74, 6) is -0.933. The van der Waals surface area contributed by atoms with Crippen LogP contribution in [0.5, 0.6) is 0 Å². The van der Waals surface area contributed by atoms with Crippen LogP contribution in [0.25, 0.3) is 0 Å². The molecule has 5 amide bonds. The van der Waals surface area contributed by atoms with E-state index < -0.39 is 23.8 Å². The summed E-state index contributed by atoms with van der Waals surface area (Å²) >= 11 is 6.35. The van der Waals surface area contributed by atoms with Crippen LogP contribution >= 0.6 is 11.6 Å². The summed E-state index contributed by atoms with van der Waals surface area (Å²) in [5.41, 5.74) is 5.34. The molecule has 1 spiro atoms. The number of fused-ring (bicyclic) bond motifs is 3. The number of benzene rings is 3. The fourth-order valence-electron chi connectivity index (χ4n) is 11.5. The van der Waals surface area contributed by atoms with Crippen LogP contribution in [-0.2, 0) is 9.59 Å². The molecule has 2 bridgehead atoms. The molecule has 6 saturated heterocycles. The highest BCUT2D eigenvalue weighted by atomic mass is 35.5. The first kappa shape index (κ1) is 39.7. The van der Waals surface area contributed by atoms with Gasteiger partial charge in [-0.3, -0.25) is 39.1 Å². The zero-order valence-corrected chi connectivity index (χ0v) is 35.1. The third-order valence-electron chi connectivity index (χ3n) is 14.8. The van der Waals surface area contributed by atoms with Crippen molar-refractivity contribution in [2.75, 3.05) is 80.1 Å². The lowest BCUT2D eigenvalue weighted by Gasteiger charge is -2.49. The number of piperidine rings is 5. The Morgan fingerprint density at radius 3 is 2.02 bits per heavy atom. The van der Waals surface area contributed by atoms with Crippen LogP contribution in [0.15, 0.2) is 60.7 Å². The van der Waals surface area contributed by atoms with Crippen LogP contribution in [0.2, 0.25) is 5.02 Å². The molecule has 13 nitrogen and oxygen atoms in total. The number of carbonyl (C=O) groups excluding carboxylic acids is 5. The first-order chi connectivity index (χ1) is 29.5. The van der Waals surface area contributed by atoms with Gasteiger partial charge in [-0.1, -0.05) is 11.6 Å². The van der Waals surface area contributed by atoms with E-state index in [9.17, 15) is 29.2 Å². The number of hydrogen-bond donors (Lipinski definition) is 1. The summed E-state index contributed by atoms with van der Waals surface area (Å²) in [7, 11) is 0.